The number of amides is 2. The lowest BCUT2D eigenvalue weighted by atomic mass is 10.1. The van der Waals surface area contributed by atoms with Crippen molar-refractivity contribution in [2.24, 2.45) is 0 Å². The lowest BCUT2D eigenvalue weighted by Gasteiger charge is -2.28. The molecule has 124 valence electrons. The number of nitrogens with zero attached hydrogens (tertiary/aromatic N) is 2. The first kappa shape index (κ1) is 16.0. The first-order chi connectivity index (χ1) is 11.2. The predicted molar refractivity (Wildman–Crippen MR) is 88.2 cm³/mol. The molecule has 3 rings (SSSR count). The topological polar surface area (TPSA) is 49.9 Å². The molecule has 1 aromatic carbocycles. The Kier molecular flexibility index (Phi) is 4.96. The Hall–Kier alpha value is -1.88. The fourth-order valence-corrected chi connectivity index (χ4v) is 3.51. The summed E-state index contributed by atoms with van der Waals surface area (Å²) in [5.41, 5.74) is 0.905. The van der Waals surface area contributed by atoms with E-state index in [0.29, 0.717) is 25.9 Å². The summed E-state index contributed by atoms with van der Waals surface area (Å²) in [7, 11) is 0. The molecule has 0 aliphatic carbocycles. The van der Waals surface area contributed by atoms with E-state index >= 15 is 0 Å². The first-order valence-electron chi connectivity index (χ1n) is 8.48. The summed E-state index contributed by atoms with van der Waals surface area (Å²) >= 11 is 0. The number of carbonyl (C=O) groups excluding carboxylic acids is 2. The number of ether oxygens (including phenoxy) is 1. The molecule has 2 aliphatic rings. The van der Waals surface area contributed by atoms with Crippen LogP contribution in [0.1, 0.15) is 32.6 Å². The summed E-state index contributed by atoms with van der Waals surface area (Å²) < 4.78 is 5.56. The molecule has 0 spiro atoms. The number of hydrogen-bond acceptors (Lipinski definition) is 3. The highest BCUT2D eigenvalue weighted by Gasteiger charge is 2.38. The van der Waals surface area contributed by atoms with Gasteiger partial charge in [0.1, 0.15) is 6.04 Å². The monoisotopic (exact) mass is 316 g/mol. The van der Waals surface area contributed by atoms with E-state index in [1.54, 1.807) is 9.80 Å². The number of carbonyl (C=O) groups is 2. The maximum atomic E-state index is 12.7. The molecule has 0 bridgehead atoms. The normalized spacial score (nSPS) is 24.2. The fraction of sp³-hybridized carbons (Fsp3) is 0.556. The van der Waals surface area contributed by atoms with Crippen LogP contribution in [0.4, 0.5) is 5.69 Å². The summed E-state index contributed by atoms with van der Waals surface area (Å²) in [6.07, 6.45) is 3.08. The van der Waals surface area contributed by atoms with E-state index in [9.17, 15) is 9.59 Å². The Morgan fingerprint density at radius 3 is 2.74 bits per heavy atom. The van der Waals surface area contributed by atoms with Crippen molar-refractivity contribution in [2.45, 2.75) is 44.8 Å². The lowest BCUT2D eigenvalue weighted by molar-refractivity contribution is -0.139. The molecule has 5 heteroatoms. The molecule has 0 radical (unpaired) electrons. The second kappa shape index (κ2) is 7.13. The van der Waals surface area contributed by atoms with Crippen molar-refractivity contribution in [3.63, 3.8) is 0 Å². The molecule has 1 aromatic rings. The van der Waals surface area contributed by atoms with Gasteiger partial charge in [0, 0.05) is 25.4 Å². The summed E-state index contributed by atoms with van der Waals surface area (Å²) in [6.45, 7) is 3.90. The highest BCUT2D eigenvalue weighted by atomic mass is 16.5. The number of rotatable bonds is 5. The summed E-state index contributed by atoms with van der Waals surface area (Å²) in [5, 5.41) is 0. The van der Waals surface area contributed by atoms with Crippen LogP contribution in [0.25, 0.3) is 0 Å². The van der Waals surface area contributed by atoms with Crippen LogP contribution < -0.4 is 4.90 Å². The zero-order valence-electron chi connectivity index (χ0n) is 13.6. The zero-order valence-corrected chi connectivity index (χ0v) is 13.6. The minimum absolute atomic E-state index is 0.0262. The van der Waals surface area contributed by atoms with E-state index in [1.807, 2.05) is 37.3 Å². The number of anilines is 1. The van der Waals surface area contributed by atoms with Crippen LogP contribution in [0.5, 0.6) is 0 Å². The van der Waals surface area contributed by atoms with Crippen molar-refractivity contribution in [3.8, 4) is 0 Å². The average molecular weight is 316 g/mol. The quantitative estimate of drug-likeness (QED) is 0.837. The van der Waals surface area contributed by atoms with Crippen LogP contribution in [0.15, 0.2) is 30.3 Å². The molecule has 5 nitrogen and oxygen atoms in total. The molecule has 0 saturated carbocycles. The van der Waals surface area contributed by atoms with Crippen LogP contribution >= 0.6 is 0 Å². The van der Waals surface area contributed by atoms with Gasteiger partial charge < -0.3 is 14.5 Å². The molecule has 0 N–H and O–H groups in total. The molecule has 0 aromatic heterocycles. The van der Waals surface area contributed by atoms with Crippen LogP contribution in [-0.2, 0) is 14.3 Å². The van der Waals surface area contributed by atoms with Crippen molar-refractivity contribution in [1.82, 2.24) is 4.90 Å². The van der Waals surface area contributed by atoms with Gasteiger partial charge in [-0.25, -0.2) is 0 Å². The van der Waals surface area contributed by atoms with Gasteiger partial charge >= 0.3 is 0 Å². The summed E-state index contributed by atoms with van der Waals surface area (Å²) in [4.78, 5) is 28.8. The lowest BCUT2D eigenvalue weighted by Crippen LogP contribution is -2.46. The second-order valence-corrected chi connectivity index (χ2v) is 6.15. The molecule has 2 atom stereocenters. The van der Waals surface area contributed by atoms with Gasteiger partial charge in [0.2, 0.25) is 11.8 Å². The fourth-order valence-electron chi connectivity index (χ4n) is 3.51. The van der Waals surface area contributed by atoms with Gasteiger partial charge in [-0.3, -0.25) is 9.59 Å². The maximum absolute atomic E-state index is 12.7. The van der Waals surface area contributed by atoms with Crippen molar-refractivity contribution in [1.29, 1.82) is 0 Å². The van der Waals surface area contributed by atoms with Gasteiger partial charge in [0.05, 0.1) is 12.5 Å². The number of likely N-dealkylation sites (N-methyl/N-ethyl adjacent to an activating group) is 1. The Bertz CT molecular complexity index is 555. The van der Waals surface area contributed by atoms with Crippen molar-refractivity contribution in [2.75, 3.05) is 24.6 Å². The van der Waals surface area contributed by atoms with Gasteiger partial charge in [0.25, 0.3) is 0 Å². The molecule has 23 heavy (non-hydrogen) atoms. The van der Waals surface area contributed by atoms with E-state index < -0.39 is 0 Å². The molecule has 2 aliphatic heterocycles. The molecule has 0 unspecified atom stereocenters. The standard InChI is InChI=1S/C18H24N2O3/c1-2-19(17(21)13-15-9-6-12-23-15)16-10-11-20(18(16)22)14-7-4-3-5-8-14/h3-5,7-8,15-16H,2,6,9-13H2,1H3/t15-,16+/m0/s1. The zero-order chi connectivity index (χ0) is 16.2. The highest BCUT2D eigenvalue weighted by Crippen LogP contribution is 2.25. The Balaban J connectivity index is 1.67. The Morgan fingerprint density at radius 2 is 2.09 bits per heavy atom. The molecule has 2 fully saturated rings. The van der Waals surface area contributed by atoms with E-state index in [4.69, 9.17) is 4.74 Å². The van der Waals surface area contributed by atoms with Gasteiger partial charge in [-0.05, 0) is 38.3 Å². The molecular weight excluding hydrogens is 292 g/mol. The number of benzene rings is 1. The Morgan fingerprint density at radius 1 is 1.30 bits per heavy atom. The van der Waals surface area contributed by atoms with Gasteiger partial charge in [-0.15, -0.1) is 0 Å². The third kappa shape index (κ3) is 3.39. The van der Waals surface area contributed by atoms with Crippen molar-refractivity contribution < 1.29 is 14.3 Å². The third-order valence-corrected chi connectivity index (χ3v) is 4.71. The van der Waals surface area contributed by atoms with Crippen LogP contribution in [0, 0.1) is 0 Å². The maximum Gasteiger partial charge on any atom is 0.249 e. The largest absolute Gasteiger partial charge is 0.378 e. The molecular formula is C18H24N2O3. The van der Waals surface area contributed by atoms with Gasteiger partial charge in [-0.2, -0.15) is 0 Å². The minimum Gasteiger partial charge on any atom is -0.378 e. The summed E-state index contributed by atoms with van der Waals surface area (Å²) in [5.74, 6) is 0.0615. The number of hydrogen-bond donors (Lipinski definition) is 0. The van der Waals surface area contributed by atoms with Crippen LogP contribution in [-0.4, -0.2) is 48.6 Å². The summed E-state index contributed by atoms with van der Waals surface area (Å²) in [6, 6.07) is 9.32. The predicted octanol–water partition coefficient (Wildman–Crippen LogP) is 2.21. The minimum atomic E-state index is -0.339. The van der Waals surface area contributed by atoms with Crippen molar-refractivity contribution in [3.05, 3.63) is 30.3 Å². The van der Waals surface area contributed by atoms with Gasteiger partial charge in [-0.1, -0.05) is 18.2 Å². The van der Waals surface area contributed by atoms with E-state index in [0.717, 1.165) is 25.1 Å². The second-order valence-electron chi connectivity index (χ2n) is 6.15. The van der Waals surface area contributed by atoms with E-state index in [1.165, 1.54) is 0 Å². The van der Waals surface area contributed by atoms with E-state index in [-0.39, 0.29) is 24.0 Å². The third-order valence-electron chi connectivity index (χ3n) is 4.71. The van der Waals surface area contributed by atoms with Gasteiger partial charge in [0.15, 0.2) is 0 Å². The molecule has 2 saturated heterocycles. The SMILES string of the molecule is CCN(C(=O)C[C@@H]1CCCO1)[C@@H]1CCN(c2ccccc2)C1=O. The smallest absolute Gasteiger partial charge is 0.249 e. The Labute approximate surface area is 137 Å². The number of para-hydroxylation sites is 1. The van der Waals surface area contributed by atoms with Crippen LogP contribution in [0.3, 0.4) is 0 Å². The average Bonchev–Trinajstić information content (AvgIpc) is 3.20. The van der Waals surface area contributed by atoms with E-state index in [2.05, 4.69) is 0 Å². The van der Waals surface area contributed by atoms with Crippen LogP contribution in [0.2, 0.25) is 0 Å². The molecule has 2 amide bonds. The molecule has 2 heterocycles. The van der Waals surface area contributed by atoms with Crippen molar-refractivity contribution >= 4 is 17.5 Å². The first-order valence-corrected chi connectivity index (χ1v) is 8.48. The highest BCUT2D eigenvalue weighted by molar-refractivity contribution is 6.01.